The van der Waals surface area contributed by atoms with E-state index in [1.165, 1.54) is 0 Å². The molecule has 5 nitrogen and oxygen atoms in total. The Morgan fingerprint density at radius 1 is 1.54 bits per heavy atom. The van der Waals surface area contributed by atoms with E-state index in [1.807, 2.05) is 0 Å². The van der Waals surface area contributed by atoms with Crippen LogP contribution in [0.2, 0.25) is 0 Å². The van der Waals surface area contributed by atoms with Gasteiger partial charge in [-0.3, -0.25) is 9.59 Å². The summed E-state index contributed by atoms with van der Waals surface area (Å²) in [4.78, 5) is 21.8. The Morgan fingerprint density at radius 3 is 2.77 bits per heavy atom. The van der Waals surface area contributed by atoms with Gasteiger partial charge in [-0.25, -0.2) is 0 Å². The maximum absolute atomic E-state index is 11.1. The summed E-state index contributed by atoms with van der Waals surface area (Å²) in [5, 5.41) is 3.63. The summed E-state index contributed by atoms with van der Waals surface area (Å²) >= 11 is 0. The third kappa shape index (κ3) is 1.32. The lowest BCUT2D eigenvalue weighted by Gasteiger charge is -1.95. The van der Waals surface area contributed by atoms with Crippen molar-refractivity contribution in [2.45, 2.75) is 19.3 Å². The Hall–Kier alpha value is -1.65. The molecule has 0 aromatic carbocycles. The summed E-state index contributed by atoms with van der Waals surface area (Å²) in [5.74, 6) is -1.27. The second-order valence-corrected chi connectivity index (χ2v) is 2.92. The molecule has 1 unspecified atom stereocenters. The van der Waals surface area contributed by atoms with Crippen molar-refractivity contribution in [1.29, 1.82) is 0 Å². The number of carbonyl (C=O) groups is 2. The molecule has 2 heterocycles. The highest BCUT2D eigenvalue weighted by Gasteiger charge is 2.37. The number of nitrogens with zero attached hydrogens (tertiary/aromatic N) is 1. The van der Waals surface area contributed by atoms with Crippen LogP contribution in [0.25, 0.3) is 0 Å². The van der Waals surface area contributed by atoms with E-state index in [0.717, 1.165) is 0 Å². The van der Waals surface area contributed by atoms with Crippen LogP contribution >= 0.6 is 0 Å². The molecule has 1 atom stereocenters. The molecule has 1 aliphatic heterocycles. The summed E-state index contributed by atoms with van der Waals surface area (Å²) in [5.41, 5.74) is 0.683. The van der Waals surface area contributed by atoms with E-state index >= 15 is 0 Å². The molecule has 1 aromatic heterocycles. The lowest BCUT2D eigenvalue weighted by Crippen LogP contribution is -2.04. The third-order valence-corrected chi connectivity index (χ3v) is 1.86. The van der Waals surface area contributed by atoms with E-state index in [0.29, 0.717) is 11.5 Å². The molecule has 0 bridgehead atoms. The van der Waals surface area contributed by atoms with Crippen LogP contribution in [0, 0.1) is 6.92 Å². The predicted octanol–water partition coefficient (Wildman–Crippen LogP) is 0.540. The zero-order valence-electron chi connectivity index (χ0n) is 6.94. The standard InChI is InChI=1S/C8H7NO4/c1-4-2-6(13-9-4)5-3-7(10)12-8(5)11/h2,5H,3H2,1H3. The average molecular weight is 181 g/mol. The number of hydrogen-bond donors (Lipinski definition) is 0. The van der Waals surface area contributed by atoms with Gasteiger partial charge in [0.05, 0.1) is 12.1 Å². The van der Waals surface area contributed by atoms with Gasteiger partial charge in [-0.1, -0.05) is 5.16 Å². The van der Waals surface area contributed by atoms with Crippen LogP contribution < -0.4 is 0 Å². The van der Waals surface area contributed by atoms with Crippen LogP contribution in [-0.2, 0) is 14.3 Å². The van der Waals surface area contributed by atoms with Crippen molar-refractivity contribution in [2.75, 3.05) is 0 Å². The summed E-state index contributed by atoms with van der Waals surface area (Å²) in [6, 6.07) is 1.63. The van der Waals surface area contributed by atoms with Crippen molar-refractivity contribution >= 4 is 11.9 Å². The van der Waals surface area contributed by atoms with Gasteiger partial charge in [0.15, 0.2) is 5.76 Å². The zero-order valence-corrected chi connectivity index (χ0v) is 6.94. The molecular weight excluding hydrogens is 174 g/mol. The first-order valence-corrected chi connectivity index (χ1v) is 3.84. The minimum absolute atomic E-state index is 0.0491. The number of esters is 2. The highest BCUT2D eigenvalue weighted by molar-refractivity contribution is 5.97. The Kier molecular flexibility index (Phi) is 1.65. The molecular formula is C8H7NO4. The quantitative estimate of drug-likeness (QED) is 0.467. The van der Waals surface area contributed by atoms with Crippen LogP contribution in [0.4, 0.5) is 0 Å². The van der Waals surface area contributed by atoms with Gasteiger partial charge >= 0.3 is 11.9 Å². The molecule has 1 saturated heterocycles. The van der Waals surface area contributed by atoms with Crippen LogP contribution in [0.3, 0.4) is 0 Å². The van der Waals surface area contributed by atoms with E-state index < -0.39 is 17.9 Å². The summed E-state index contributed by atoms with van der Waals surface area (Å²) in [6.45, 7) is 1.75. The first kappa shape index (κ1) is 7.97. The number of ether oxygens (including phenoxy) is 1. The number of carbonyl (C=O) groups excluding carboxylic acids is 2. The van der Waals surface area contributed by atoms with Crippen LogP contribution in [0.1, 0.15) is 23.8 Å². The molecule has 1 fully saturated rings. The first-order chi connectivity index (χ1) is 6.16. The summed E-state index contributed by atoms with van der Waals surface area (Å²) in [7, 11) is 0. The maximum atomic E-state index is 11.1. The monoisotopic (exact) mass is 181 g/mol. The fraction of sp³-hybridized carbons (Fsp3) is 0.375. The van der Waals surface area contributed by atoms with E-state index in [1.54, 1.807) is 13.0 Å². The lowest BCUT2D eigenvalue weighted by atomic mass is 10.1. The van der Waals surface area contributed by atoms with Gasteiger partial charge in [0.2, 0.25) is 0 Å². The highest BCUT2D eigenvalue weighted by Crippen LogP contribution is 2.27. The second-order valence-electron chi connectivity index (χ2n) is 2.92. The van der Waals surface area contributed by atoms with Crippen LogP contribution in [-0.4, -0.2) is 17.1 Å². The first-order valence-electron chi connectivity index (χ1n) is 3.84. The van der Waals surface area contributed by atoms with Gasteiger partial charge in [-0.15, -0.1) is 0 Å². The molecule has 0 amide bonds. The largest absolute Gasteiger partial charge is 0.393 e. The van der Waals surface area contributed by atoms with Gasteiger partial charge in [0.1, 0.15) is 5.92 Å². The molecule has 1 aromatic rings. The van der Waals surface area contributed by atoms with Crippen molar-refractivity contribution in [3.05, 3.63) is 17.5 Å². The zero-order chi connectivity index (χ0) is 9.42. The fourth-order valence-electron chi connectivity index (χ4n) is 1.24. The topological polar surface area (TPSA) is 69.4 Å². The molecule has 0 saturated carbocycles. The van der Waals surface area contributed by atoms with E-state index in [-0.39, 0.29) is 6.42 Å². The summed E-state index contributed by atoms with van der Waals surface area (Å²) in [6.07, 6.45) is 0.0491. The number of aromatic nitrogens is 1. The Labute approximate surface area is 73.7 Å². The van der Waals surface area contributed by atoms with E-state index in [2.05, 4.69) is 9.89 Å². The molecule has 0 aliphatic carbocycles. The Balaban J connectivity index is 2.27. The van der Waals surface area contributed by atoms with Crippen LogP contribution in [0.5, 0.6) is 0 Å². The molecule has 0 spiro atoms. The van der Waals surface area contributed by atoms with Crippen molar-refractivity contribution < 1.29 is 18.8 Å². The fourth-order valence-corrected chi connectivity index (χ4v) is 1.24. The number of cyclic esters (lactones) is 2. The summed E-state index contributed by atoms with van der Waals surface area (Å²) < 4.78 is 9.24. The van der Waals surface area contributed by atoms with Crippen molar-refractivity contribution in [2.24, 2.45) is 0 Å². The highest BCUT2D eigenvalue weighted by atomic mass is 16.6. The van der Waals surface area contributed by atoms with Gasteiger partial charge in [0.25, 0.3) is 0 Å². The number of aryl methyl sites for hydroxylation is 1. The minimum Gasteiger partial charge on any atom is -0.393 e. The SMILES string of the molecule is Cc1cc(C2CC(=O)OC2=O)on1. The molecule has 2 rings (SSSR count). The third-order valence-electron chi connectivity index (χ3n) is 1.86. The van der Waals surface area contributed by atoms with Gasteiger partial charge in [0, 0.05) is 6.07 Å². The van der Waals surface area contributed by atoms with Gasteiger partial charge < -0.3 is 9.26 Å². The van der Waals surface area contributed by atoms with Crippen molar-refractivity contribution in [3.8, 4) is 0 Å². The van der Waals surface area contributed by atoms with Gasteiger partial charge in [-0.2, -0.15) is 0 Å². The van der Waals surface area contributed by atoms with E-state index in [9.17, 15) is 9.59 Å². The molecule has 5 heteroatoms. The normalized spacial score (nSPS) is 22.1. The van der Waals surface area contributed by atoms with Crippen LogP contribution in [0.15, 0.2) is 10.6 Å². The number of rotatable bonds is 1. The second kappa shape index (κ2) is 2.69. The minimum atomic E-state index is -0.603. The average Bonchev–Trinajstić information content (AvgIpc) is 2.58. The molecule has 13 heavy (non-hydrogen) atoms. The lowest BCUT2D eigenvalue weighted by molar-refractivity contribution is -0.152. The molecule has 0 N–H and O–H groups in total. The maximum Gasteiger partial charge on any atom is 0.325 e. The van der Waals surface area contributed by atoms with Crippen molar-refractivity contribution in [1.82, 2.24) is 5.16 Å². The Bertz CT molecular complexity index is 368. The smallest absolute Gasteiger partial charge is 0.325 e. The molecule has 0 radical (unpaired) electrons. The number of hydrogen-bond acceptors (Lipinski definition) is 5. The van der Waals surface area contributed by atoms with Gasteiger partial charge in [-0.05, 0) is 6.92 Å². The predicted molar refractivity (Wildman–Crippen MR) is 39.7 cm³/mol. The van der Waals surface area contributed by atoms with E-state index in [4.69, 9.17) is 4.52 Å². The molecule has 68 valence electrons. The van der Waals surface area contributed by atoms with Crippen molar-refractivity contribution in [3.63, 3.8) is 0 Å². The molecule has 1 aliphatic rings. The Morgan fingerprint density at radius 2 is 2.31 bits per heavy atom.